The Hall–Kier alpha value is -2.87. The largest absolute Gasteiger partial charge is 0.329 e. The van der Waals surface area contributed by atoms with Gasteiger partial charge < -0.3 is 9.47 Å². The highest BCUT2D eigenvalue weighted by Gasteiger charge is 2.27. The predicted octanol–water partition coefficient (Wildman–Crippen LogP) is 2.93. The summed E-state index contributed by atoms with van der Waals surface area (Å²) in [6, 6.07) is 6.45. The highest BCUT2D eigenvalue weighted by molar-refractivity contribution is 6.33. The second kappa shape index (κ2) is 6.45. The van der Waals surface area contributed by atoms with Crippen LogP contribution in [0.2, 0.25) is 5.02 Å². The summed E-state index contributed by atoms with van der Waals surface area (Å²) in [5, 5.41) is 8.13. The van der Waals surface area contributed by atoms with Gasteiger partial charge >= 0.3 is 0 Å². The van der Waals surface area contributed by atoms with Crippen LogP contribution >= 0.6 is 11.6 Å². The first-order valence-corrected chi connectivity index (χ1v) is 8.19. The molecule has 0 aliphatic carbocycles. The lowest BCUT2D eigenvalue weighted by molar-refractivity contribution is 0.0708. The average molecular weight is 376 g/mol. The molecule has 0 spiro atoms. The molecule has 0 saturated carbocycles. The molecule has 0 bridgehead atoms. The van der Waals surface area contributed by atoms with E-state index in [1.165, 1.54) is 30.5 Å². The highest BCUT2D eigenvalue weighted by Crippen LogP contribution is 2.25. The zero-order valence-corrected chi connectivity index (χ0v) is 14.1. The summed E-state index contributed by atoms with van der Waals surface area (Å²) in [5.74, 6) is -0.478. The number of benzene rings is 1. The van der Waals surface area contributed by atoms with Crippen LogP contribution in [0.25, 0.3) is 11.5 Å². The topological polar surface area (TPSA) is 63.9 Å². The molecule has 1 aromatic carbocycles. The van der Waals surface area contributed by atoms with E-state index >= 15 is 0 Å². The lowest BCUT2D eigenvalue weighted by Crippen LogP contribution is -2.38. The first-order valence-electron chi connectivity index (χ1n) is 7.82. The number of nitrogens with zero attached hydrogens (tertiary/aromatic N) is 5. The van der Waals surface area contributed by atoms with Crippen LogP contribution in [0.15, 0.2) is 36.5 Å². The minimum absolute atomic E-state index is 0.0540. The average Bonchev–Trinajstić information content (AvgIpc) is 3.04. The van der Waals surface area contributed by atoms with Crippen molar-refractivity contribution in [1.29, 1.82) is 0 Å². The summed E-state index contributed by atoms with van der Waals surface area (Å²) in [6.07, 6.45) is 1.48. The Morgan fingerprint density at radius 3 is 2.77 bits per heavy atom. The van der Waals surface area contributed by atoms with Gasteiger partial charge in [0.2, 0.25) is 0 Å². The van der Waals surface area contributed by atoms with Gasteiger partial charge in [-0.05, 0) is 30.3 Å². The number of pyridine rings is 1. The minimum Gasteiger partial charge on any atom is -0.329 e. The van der Waals surface area contributed by atoms with E-state index in [-0.39, 0.29) is 28.7 Å². The van der Waals surface area contributed by atoms with Crippen LogP contribution in [0.5, 0.6) is 0 Å². The molecule has 0 fully saturated rings. The van der Waals surface area contributed by atoms with Gasteiger partial charge in [0.05, 0.1) is 17.1 Å². The first kappa shape index (κ1) is 16.6. The number of aromatic nitrogens is 4. The minimum atomic E-state index is -0.507. The Kier molecular flexibility index (Phi) is 4.12. The summed E-state index contributed by atoms with van der Waals surface area (Å²) < 4.78 is 28.9. The standard InChI is InChI=1S/C17H12ClF2N5O/c18-12-8-10(19)3-4-11(12)17(26)24-6-7-25-14(9-24)22-23-16(25)15-13(20)2-1-5-21-15/h1-5,8H,6-7,9H2. The molecule has 132 valence electrons. The zero-order valence-electron chi connectivity index (χ0n) is 13.4. The zero-order chi connectivity index (χ0) is 18.3. The van der Waals surface area contributed by atoms with Crippen molar-refractivity contribution >= 4 is 17.5 Å². The fourth-order valence-electron chi connectivity index (χ4n) is 2.89. The molecule has 0 saturated heterocycles. The van der Waals surface area contributed by atoms with Crippen LogP contribution in [-0.2, 0) is 13.1 Å². The third-order valence-corrected chi connectivity index (χ3v) is 4.48. The maximum atomic E-state index is 14.0. The van der Waals surface area contributed by atoms with Crippen molar-refractivity contribution in [3.8, 4) is 11.5 Å². The van der Waals surface area contributed by atoms with Gasteiger partial charge in [0.15, 0.2) is 17.5 Å². The van der Waals surface area contributed by atoms with Crippen molar-refractivity contribution in [3.63, 3.8) is 0 Å². The third-order valence-electron chi connectivity index (χ3n) is 4.17. The summed E-state index contributed by atoms with van der Waals surface area (Å²) in [4.78, 5) is 18.2. The molecule has 3 aromatic rings. The molecular formula is C17H12ClF2N5O. The number of carbonyl (C=O) groups excluding carboxylic acids is 1. The number of halogens is 3. The Labute approximate surface area is 152 Å². The Morgan fingerprint density at radius 2 is 2.00 bits per heavy atom. The fourth-order valence-corrected chi connectivity index (χ4v) is 3.14. The van der Waals surface area contributed by atoms with Gasteiger partial charge in [-0.15, -0.1) is 10.2 Å². The van der Waals surface area contributed by atoms with E-state index in [2.05, 4.69) is 15.2 Å². The van der Waals surface area contributed by atoms with Crippen molar-refractivity contribution in [2.24, 2.45) is 0 Å². The summed E-state index contributed by atoms with van der Waals surface area (Å²) in [6.45, 7) is 0.936. The lowest BCUT2D eigenvalue weighted by Gasteiger charge is -2.28. The van der Waals surface area contributed by atoms with E-state index in [9.17, 15) is 13.6 Å². The summed E-state index contributed by atoms with van der Waals surface area (Å²) >= 11 is 5.97. The van der Waals surface area contributed by atoms with E-state index in [0.29, 0.717) is 24.7 Å². The van der Waals surface area contributed by atoms with E-state index in [1.54, 1.807) is 9.47 Å². The van der Waals surface area contributed by atoms with Crippen LogP contribution in [0.3, 0.4) is 0 Å². The second-order valence-electron chi connectivity index (χ2n) is 5.78. The van der Waals surface area contributed by atoms with Gasteiger partial charge in [-0.2, -0.15) is 0 Å². The molecule has 9 heteroatoms. The molecule has 2 aromatic heterocycles. The number of rotatable bonds is 2. The summed E-state index contributed by atoms with van der Waals surface area (Å²) in [5.41, 5.74) is 0.338. The van der Waals surface area contributed by atoms with Crippen molar-refractivity contribution in [2.75, 3.05) is 6.54 Å². The molecule has 1 amide bonds. The van der Waals surface area contributed by atoms with E-state index in [1.807, 2.05) is 0 Å². The van der Waals surface area contributed by atoms with Gasteiger partial charge in [-0.25, -0.2) is 13.8 Å². The fraction of sp³-hybridized carbons (Fsp3) is 0.176. The molecule has 1 aliphatic heterocycles. The maximum Gasteiger partial charge on any atom is 0.255 e. The van der Waals surface area contributed by atoms with Crippen molar-refractivity contribution in [1.82, 2.24) is 24.6 Å². The number of hydrogen-bond donors (Lipinski definition) is 0. The lowest BCUT2D eigenvalue weighted by atomic mass is 10.1. The Balaban J connectivity index is 1.61. The van der Waals surface area contributed by atoms with Crippen LogP contribution in [0, 0.1) is 11.6 Å². The van der Waals surface area contributed by atoms with Crippen LogP contribution in [-0.4, -0.2) is 37.1 Å². The number of hydrogen-bond acceptors (Lipinski definition) is 4. The van der Waals surface area contributed by atoms with E-state index in [4.69, 9.17) is 11.6 Å². The quantitative estimate of drug-likeness (QED) is 0.691. The predicted molar refractivity (Wildman–Crippen MR) is 89.4 cm³/mol. The number of carbonyl (C=O) groups is 1. The third kappa shape index (κ3) is 2.82. The molecule has 0 radical (unpaired) electrons. The Morgan fingerprint density at radius 1 is 1.15 bits per heavy atom. The normalized spacial score (nSPS) is 13.6. The number of amides is 1. The smallest absolute Gasteiger partial charge is 0.255 e. The van der Waals surface area contributed by atoms with Crippen LogP contribution in [0.4, 0.5) is 8.78 Å². The van der Waals surface area contributed by atoms with Gasteiger partial charge in [0.1, 0.15) is 11.5 Å². The molecule has 26 heavy (non-hydrogen) atoms. The SMILES string of the molecule is O=C(c1ccc(F)cc1Cl)N1CCn2c(nnc2-c2ncccc2F)C1. The molecule has 3 heterocycles. The summed E-state index contributed by atoms with van der Waals surface area (Å²) in [7, 11) is 0. The van der Waals surface area contributed by atoms with Crippen molar-refractivity contribution in [2.45, 2.75) is 13.1 Å². The highest BCUT2D eigenvalue weighted by atomic mass is 35.5. The van der Waals surface area contributed by atoms with E-state index in [0.717, 1.165) is 6.07 Å². The molecule has 4 rings (SSSR count). The van der Waals surface area contributed by atoms with Gasteiger partial charge in [-0.3, -0.25) is 4.79 Å². The van der Waals surface area contributed by atoms with Gasteiger partial charge in [0, 0.05) is 19.3 Å². The Bertz CT molecular complexity index is 1010. The monoisotopic (exact) mass is 375 g/mol. The van der Waals surface area contributed by atoms with Gasteiger partial charge in [-0.1, -0.05) is 11.6 Å². The molecular weight excluding hydrogens is 364 g/mol. The second-order valence-corrected chi connectivity index (χ2v) is 6.18. The van der Waals surface area contributed by atoms with Crippen LogP contribution < -0.4 is 0 Å². The number of fused-ring (bicyclic) bond motifs is 1. The molecule has 0 atom stereocenters. The van der Waals surface area contributed by atoms with Gasteiger partial charge in [0.25, 0.3) is 5.91 Å². The van der Waals surface area contributed by atoms with Crippen molar-refractivity contribution < 1.29 is 13.6 Å². The molecule has 0 unspecified atom stereocenters. The van der Waals surface area contributed by atoms with E-state index < -0.39 is 11.6 Å². The maximum absolute atomic E-state index is 14.0. The molecule has 1 aliphatic rings. The van der Waals surface area contributed by atoms with Crippen molar-refractivity contribution in [3.05, 3.63) is 64.6 Å². The first-order chi connectivity index (χ1) is 12.5. The van der Waals surface area contributed by atoms with Crippen LogP contribution in [0.1, 0.15) is 16.2 Å². The molecule has 6 nitrogen and oxygen atoms in total. The molecule has 0 N–H and O–H groups in total.